The molecule has 0 saturated carbocycles. The minimum absolute atomic E-state index is 0.0501. The third-order valence-electron chi connectivity index (χ3n) is 7.64. The second-order valence-electron chi connectivity index (χ2n) is 9.84. The van der Waals surface area contributed by atoms with Crippen molar-refractivity contribution in [3.63, 3.8) is 0 Å². The van der Waals surface area contributed by atoms with E-state index < -0.39 is 0 Å². The lowest BCUT2D eigenvalue weighted by atomic mass is 9.74. The Bertz CT molecular complexity index is 966. The molecule has 4 aliphatic rings. The number of morpholine rings is 1. The summed E-state index contributed by atoms with van der Waals surface area (Å²) in [6.45, 7) is 5.54. The van der Waals surface area contributed by atoms with Crippen LogP contribution < -0.4 is 10.2 Å². The molecule has 2 aromatic rings. The molecule has 6 rings (SSSR count). The van der Waals surface area contributed by atoms with Gasteiger partial charge in [-0.2, -0.15) is 5.10 Å². The van der Waals surface area contributed by atoms with Crippen LogP contribution in [0.3, 0.4) is 0 Å². The monoisotopic (exact) mass is 452 g/mol. The number of ether oxygens (including phenoxy) is 1. The van der Waals surface area contributed by atoms with Gasteiger partial charge in [0.15, 0.2) is 0 Å². The average molecular weight is 453 g/mol. The van der Waals surface area contributed by atoms with Crippen molar-refractivity contribution in [1.29, 1.82) is 0 Å². The summed E-state index contributed by atoms with van der Waals surface area (Å²) < 4.78 is 7.43. The normalized spacial score (nSPS) is 26.9. The lowest BCUT2D eigenvalue weighted by Crippen LogP contribution is -2.57. The van der Waals surface area contributed by atoms with Gasteiger partial charge in [-0.05, 0) is 43.5 Å². The highest BCUT2D eigenvalue weighted by Gasteiger charge is 2.42. The van der Waals surface area contributed by atoms with Crippen molar-refractivity contribution < 1.29 is 9.53 Å². The summed E-state index contributed by atoms with van der Waals surface area (Å²) in [5.41, 5.74) is 4.72. The molecule has 5 heterocycles. The molecule has 1 aromatic heterocycles. The zero-order valence-electron chi connectivity index (χ0n) is 20.0. The summed E-state index contributed by atoms with van der Waals surface area (Å²) in [5, 5.41) is 8.04. The third kappa shape index (κ3) is 4.59. The van der Waals surface area contributed by atoms with Crippen molar-refractivity contribution in [2.45, 2.75) is 24.8 Å². The van der Waals surface area contributed by atoms with Crippen LogP contribution in [0, 0.1) is 5.92 Å². The summed E-state index contributed by atoms with van der Waals surface area (Å²) in [4.78, 5) is 19.0. The molecule has 0 spiro atoms. The van der Waals surface area contributed by atoms with Crippen LogP contribution in [-0.4, -0.2) is 91.7 Å². The number of amides is 2. The number of nitrogens with zero attached hydrogens (tertiary/aromatic N) is 5. The van der Waals surface area contributed by atoms with Gasteiger partial charge in [0.1, 0.15) is 0 Å². The molecular formula is C25H36N6O2. The van der Waals surface area contributed by atoms with Crippen LogP contribution in [0.5, 0.6) is 0 Å². The molecule has 8 nitrogen and oxygen atoms in total. The Kier molecular flexibility index (Phi) is 6.29. The highest BCUT2D eigenvalue weighted by molar-refractivity contribution is 5.74. The summed E-state index contributed by atoms with van der Waals surface area (Å²) in [7, 11) is 6.19. The van der Waals surface area contributed by atoms with E-state index in [9.17, 15) is 4.79 Å². The van der Waals surface area contributed by atoms with E-state index in [2.05, 4.69) is 71.3 Å². The van der Waals surface area contributed by atoms with Crippen molar-refractivity contribution in [2.75, 3.05) is 64.9 Å². The lowest BCUT2D eigenvalue weighted by Gasteiger charge is -2.50. The first-order chi connectivity index (χ1) is 16.0. The molecule has 178 valence electrons. The van der Waals surface area contributed by atoms with Crippen LogP contribution in [0.25, 0.3) is 11.3 Å². The number of fused-ring (bicyclic) bond motifs is 3. The maximum absolute atomic E-state index is 12.5. The first-order valence-corrected chi connectivity index (χ1v) is 12.2. The zero-order chi connectivity index (χ0) is 22.9. The van der Waals surface area contributed by atoms with E-state index in [0.717, 1.165) is 37.3 Å². The molecule has 4 atom stereocenters. The Labute approximate surface area is 196 Å². The standard InChI is InChI=1S/C25H36N6O2/c1-28(2)20-6-4-18(5-7-20)23-15-24(29(3)27-23)22-17-31-9-8-19(22)14-21(31)16-26-25(32)30-10-12-33-13-11-30/h4-7,15,19,21-22H,8-14,16-17H2,1-3H3,(H,26,32)/t19-,21+,22-/m0/s1. The van der Waals surface area contributed by atoms with Crippen molar-refractivity contribution in [3.05, 3.63) is 36.0 Å². The van der Waals surface area contributed by atoms with Gasteiger partial charge < -0.3 is 19.9 Å². The van der Waals surface area contributed by atoms with E-state index >= 15 is 0 Å². The second-order valence-corrected chi connectivity index (χ2v) is 9.84. The molecule has 8 heteroatoms. The molecule has 33 heavy (non-hydrogen) atoms. The fraction of sp³-hybridized carbons (Fsp3) is 0.600. The van der Waals surface area contributed by atoms with Gasteiger partial charge in [-0.15, -0.1) is 0 Å². The average Bonchev–Trinajstić information content (AvgIpc) is 3.25. The van der Waals surface area contributed by atoms with Crippen LogP contribution in [0.2, 0.25) is 0 Å². The van der Waals surface area contributed by atoms with Gasteiger partial charge in [-0.3, -0.25) is 9.58 Å². The Morgan fingerprint density at radius 3 is 2.61 bits per heavy atom. The first-order valence-electron chi connectivity index (χ1n) is 12.2. The minimum Gasteiger partial charge on any atom is -0.378 e. The Morgan fingerprint density at radius 1 is 1.18 bits per heavy atom. The van der Waals surface area contributed by atoms with Gasteiger partial charge in [0.25, 0.3) is 0 Å². The number of hydrogen-bond donors (Lipinski definition) is 1. The number of benzene rings is 1. The number of carbonyl (C=O) groups excluding carboxylic acids is 1. The molecular weight excluding hydrogens is 416 g/mol. The van der Waals surface area contributed by atoms with E-state index in [1.54, 1.807) is 0 Å². The topological polar surface area (TPSA) is 65.9 Å². The predicted molar refractivity (Wildman–Crippen MR) is 130 cm³/mol. The smallest absolute Gasteiger partial charge is 0.317 e. The Hall–Kier alpha value is -2.58. The first kappa shape index (κ1) is 22.2. The summed E-state index contributed by atoms with van der Waals surface area (Å²) in [6.07, 6.45) is 2.35. The zero-order valence-corrected chi connectivity index (χ0v) is 20.0. The minimum atomic E-state index is 0.0501. The fourth-order valence-corrected chi connectivity index (χ4v) is 5.67. The summed E-state index contributed by atoms with van der Waals surface area (Å²) in [5.74, 6) is 1.14. The van der Waals surface area contributed by atoms with E-state index in [-0.39, 0.29) is 6.03 Å². The Morgan fingerprint density at radius 2 is 1.94 bits per heavy atom. The SMILES string of the molecule is CN(C)c1ccc(-c2cc([C@H]3CN4CC[C@H]3C[C@@H]4CNC(=O)N3CCOCC3)n(C)n2)cc1. The largest absolute Gasteiger partial charge is 0.378 e. The highest BCUT2D eigenvalue weighted by Crippen LogP contribution is 2.42. The number of rotatable bonds is 5. The van der Waals surface area contributed by atoms with Crippen molar-refractivity contribution in [1.82, 2.24) is 24.9 Å². The van der Waals surface area contributed by atoms with Crippen LogP contribution >= 0.6 is 0 Å². The number of carbonyl (C=O) groups is 1. The van der Waals surface area contributed by atoms with E-state index in [4.69, 9.17) is 9.84 Å². The quantitative estimate of drug-likeness (QED) is 0.755. The number of piperidine rings is 3. The highest BCUT2D eigenvalue weighted by atomic mass is 16.5. The molecule has 4 aliphatic heterocycles. The molecule has 0 aliphatic carbocycles. The maximum Gasteiger partial charge on any atom is 0.317 e. The molecule has 1 aromatic carbocycles. The van der Waals surface area contributed by atoms with Crippen molar-refractivity contribution >= 4 is 11.7 Å². The van der Waals surface area contributed by atoms with E-state index in [1.807, 2.05) is 4.90 Å². The molecule has 1 unspecified atom stereocenters. The third-order valence-corrected chi connectivity index (χ3v) is 7.64. The van der Waals surface area contributed by atoms with Gasteiger partial charge in [0.2, 0.25) is 0 Å². The molecule has 4 saturated heterocycles. The molecule has 2 bridgehead atoms. The van der Waals surface area contributed by atoms with E-state index in [1.165, 1.54) is 17.8 Å². The maximum atomic E-state index is 12.5. The Balaban J connectivity index is 1.23. The second kappa shape index (κ2) is 9.35. The summed E-state index contributed by atoms with van der Waals surface area (Å²) >= 11 is 0. The summed E-state index contributed by atoms with van der Waals surface area (Å²) in [6, 6.07) is 11.4. The van der Waals surface area contributed by atoms with Crippen LogP contribution in [-0.2, 0) is 11.8 Å². The van der Waals surface area contributed by atoms with E-state index in [0.29, 0.717) is 44.2 Å². The van der Waals surface area contributed by atoms with Crippen LogP contribution in [0.4, 0.5) is 10.5 Å². The van der Waals surface area contributed by atoms with Gasteiger partial charge in [0, 0.05) is 76.2 Å². The molecule has 2 amide bonds. The predicted octanol–water partition coefficient (Wildman–Crippen LogP) is 2.37. The number of hydrogen-bond acceptors (Lipinski definition) is 5. The molecule has 0 radical (unpaired) electrons. The number of urea groups is 1. The molecule has 1 N–H and O–H groups in total. The molecule has 4 fully saturated rings. The fourth-order valence-electron chi connectivity index (χ4n) is 5.67. The number of aromatic nitrogens is 2. The number of nitrogens with one attached hydrogen (secondary N) is 1. The van der Waals surface area contributed by atoms with Gasteiger partial charge >= 0.3 is 6.03 Å². The van der Waals surface area contributed by atoms with Gasteiger partial charge in [0.05, 0.1) is 18.9 Å². The number of anilines is 1. The van der Waals surface area contributed by atoms with Crippen molar-refractivity contribution in [2.24, 2.45) is 13.0 Å². The van der Waals surface area contributed by atoms with Crippen LogP contribution in [0.1, 0.15) is 24.5 Å². The number of aryl methyl sites for hydroxylation is 1. The van der Waals surface area contributed by atoms with Crippen molar-refractivity contribution in [3.8, 4) is 11.3 Å². The van der Waals surface area contributed by atoms with Gasteiger partial charge in [-0.25, -0.2) is 4.79 Å². The van der Waals surface area contributed by atoms with Gasteiger partial charge in [-0.1, -0.05) is 12.1 Å². The lowest BCUT2D eigenvalue weighted by molar-refractivity contribution is 0.0265. The van der Waals surface area contributed by atoms with Crippen LogP contribution in [0.15, 0.2) is 30.3 Å².